The van der Waals surface area contributed by atoms with Gasteiger partial charge in [-0.2, -0.15) is 10.4 Å². The van der Waals surface area contributed by atoms with Crippen molar-refractivity contribution in [1.29, 1.82) is 5.26 Å². The number of ether oxygens (including phenoxy) is 2. The Morgan fingerprint density at radius 1 is 1.24 bits per heavy atom. The molecule has 2 fully saturated rings. The summed E-state index contributed by atoms with van der Waals surface area (Å²) in [7, 11) is 1.50. The molecule has 1 aliphatic carbocycles. The third kappa shape index (κ3) is 3.37. The molecule has 8 nitrogen and oxygen atoms in total. The van der Waals surface area contributed by atoms with Crippen molar-refractivity contribution in [3.8, 4) is 17.7 Å². The first-order valence-electron chi connectivity index (χ1n) is 13.8. The molecule has 4 atom stereocenters. The Kier molecular flexibility index (Phi) is 5.58. The molecule has 3 aliphatic heterocycles. The smallest absolute Gasteiger partial charge is 0.250 e. The highest BCUT2D eigenvalue weighted by Gasteiger charge is 2.69. The lowest BCUT2D eigenvalue weighted by Gasteiger charge is -2.39. The molecule has 42 heavy (non-hydrogen) atoms. The molecule has 3 aromatic carbocycles. The van der Waals surface area contributed by atoms with Crippen LogP contribution in [-0.4, -0.2) is 46.9 Å². The number of aromatic nitrogens is 2. The molecule has 0 unspecified atom stereocenters. The molecule has 0 radical (unpaired) electrons. The van der Waals surface area contributed by atoms with Crippen LogP contribution in [0, 0.1) is 23.1 Å². The van der Waals surface area contributed by atoms with Gasteiger partial charge in [0.05, 0.1) is 35.2 Å². The van der Waals surface area contributed by atoms with E-state index in [9.17, 15) is 10.1 Å². The van der Waals surface area contributed by atoms with Crippen LogP contribution in [0.15, 0.2) is 48.5 Å². The Hall–Kier alpha value is -3.84. The topological polar surface area (TPSA) is 92.4 Å². The minimum Gasteiger partial charge on any atom is -0.495 e. The number of nitrogens with one attached hydrogen (secondary N) is 1. The van der Waals surface area contributed by atoms with Crippen LogP contribution in [0.2, 0.25) is 10.0 Å². The SMILES string of the molecule is COc1cc2nn3c(c2cc1C#N)OC[C@H]1[C@@H]3[C@H](c2cccc(Cl)c2F)[C@]2(C(=O)Nc3cc(Cl)ccc32)N1CC1CC1. The van der Waals surface area contributed by atoms with Crippen LogP contribution in [-0.2, 0) is 10.3 Å². The lowest BCUT2D eigenvalue weighted by atomic mass is 9.73. The van der Waals surface area contributed by atoms with Gasteiger partial charge in [0.25, 0.3) is 0 Å². The number of halogens is 3. The van der Waals surface area contributed by atoms with Crippen LogP contribution in [0.3, 0.4) is 0 Å². The van der Waals surface area contributed by atoms with Gasteiger partial charge in [-0.05, 0) is 48.6 Å². The Labute approximate surface area is 250 Å². The first-order valence-corrected chi connectivity index (χ1v) is 14.6. The van der Waals surface area contributed by atoms with Crippen molar-refractivity contribution in [1.82, 2.24) is 14.7 Å². The van der Waals surface area contributed by atoms with Crippen molar-refractivity contribution in [3.05, 3.63) is 81.1 Å². The summed E-state index contributed by atoms with van der Waals surface area (Å²) < 4.78 is 29.8. The Bertz CT molecular complexity index is 1870. The number of anilines is 1. The lowest BCUT2D eigenvalue weighted by molar-refractivity contribution is -0.128. The zero-order valence-electron chi connectivity index (χ0n) is 22.4. The molecule has 1 N–H and O–H groups in total. The van der Waals surface area contributed by atoms with E-state index < -0.39 is 23.3 Å². The van der Waals surface area contributed by atoms with Gasteiger partial charge in [-0.15, -0.1) is 0 Å². The summed E-state index contributed by atoms with van der Waals surface area (Å²) in [6.45, 7) is 0.893. The average molecular weight is 604 g/mol. The number of likely N-dealkylation sites (tertiary alicyclic amines) is 1. The number of benzene rings is 3. The summed E-state index contributed by atoms with van der Waals surface area (Å²) in [6, 6.07) is 15.1. The highest BCUT2D eigenvalue weighted by atomic mass is 35.5. The van der Waals surface area contributed by atoms with E-state index in [2.05, 4.69) is 16.3 Å². The number of hydrogen-bond donors (Lipinski definition) is 1. The largest absolute Gasteiger partial charge is 0.495 e. The Morgan fingerprint density at radius 2 is 2.07 bits per heavy atom. The van der Waals surface area contributed by atoms with Crippen molar-refractivity contribution in [2.45, 2.75) is 36.4 Å². The number of methoxy groups -OCH3 is 1. The van der Waals surface area contributed by atoms with Gasteiger partial charge in [0.15, 0.2) is 0 Å². The summed E-state index contributed by atoms with van der Waals surface area (Å²) in [5.41, 5.74) is 1.32. The number of nitrogens with zero attached hydrogens (tertiary/aromatic N) is 4. The van der Waals surface area contributed by atoms with Crippen LogP contribution < -0.4 is 14.8 Å². The van der Waals surface area contributed by atoms with Crippen molar-refractivity contribution in [2.24, 2.45) is 5.92 Å². The second-order valence-corrected chi connectivity index (χ2v) is 12.3. The van der Waals surface area contributed by atoms with E-state index >= 15 is 4.39 Å². The summed E-state index contributed by atoms with van der Waals surface area (Å²) in [4.78, 5) is 16.7. The molecule has 1 aromatic heterocycles. The van der Waals surface area contributed by atoms with Gasteiger partial charge in [-0.1, -0.05) is 41.4 Å². The normalized spacial score (nSPS) is 26.0. The quantitative estimate of drug-likeness (QED) is 0.306. The molecule has 8 rings (SSSR count). The highest BCUT2D eigenvalue weighted by Crippen LogP contribution is 2.63. The van der Waals surface area contributed by atoms with E-state index in [0.717, 1.165) is 18.4 Å². The van der Waals surface area contributed by atoms with Gasteiger partial charge >= 0.3 is 0 Å². The van der Waals surface area contributed by atoms with E-state index in [-0.39, 0.29) is 23.6 Å². The number of amides is 1. The maximum atomic E-state index is 16.2. The van der Waals surface area contributed by atoms with E-state index in [1.807, 2.05) is 6.07 Å². The van der Waals surface area contributed by atoms with Crippen LogP contribution in [0.4, 0.5) is 10.1 Å². The molecule has 4 heterocycles. The zero-order chi connectivity index (χ0) is 28.9. The van der Waals surface area contributed by atoms with E-state index in [0.29, 0.717) is 56.8 Å². The van der Waals surface area contributed by atoms with Gasteiger partial charge in [-0.25, -0.2) is 9.07 Å². The van der Waals surface area contributed by atoms with Gasteiger partial charge in [0, 0.05) is 34.8 Å². The number of rotatable bonds is 4. The van der Waals surface area contributed by atoms with Crippen molar-refractivity contribution < 1.29 is 18.7 Å². The monoisotopic (exact) mass is 603 g/mol. The number of fused-ring (bicyclic) bond motifs is 7. The summed E-state index contributed by atoms with van der Waals surface area (Å²) in [6.07, 6.45) is 2.12. The third-order valence-electron chi connectivity index (χ3n) is 9.26. The third-order valence-corrected chi connectivity index (χ3v) is 9.79. The molecule has 1 spiro atoms. The molecule has 11 heteroatoms. The molecule has 1 saturated carbocycles. The van der Waals surface area contributed by atoms with Crippen molar-refractivity contribution in [3.63, 3.8) is 0 Å². The number of carbonyl (C=O) groups excluding carboxylic acids is 1. The van der Waals surface area contributed by atoms with Crippen LogP contribution in [0.1, 0.15) is 41.5 Å². The molecule has 1 saturated heterocycles. The van der Waals surface area contributed by atoms with Crippen molar-refractivity contribution >= 4 is 45.7 Å². The number of carbonyl (C=O) groups is 1. The lowest BCUT2D eigenvalue weighted by Crippen LogP contribution is -2.54. The zero-order valence-corrected chi connectivity index (χ0v) is 23.9. The first-order chi connectivity index (χ1) is 20.4. The Balaban J connectivity index is 1.44. The highest BCUT2D eigenvalue weighted by molar-refractivity contribution is 6.31. The molecule has 1 amide bonds. The molecule has 212 valence electrons. The fourth-order valence-corrected chi connectivity index (χ4v) is 7.73. The summed E-state index contributed by atoms with van der Waals surface area (Å²) in [5, 5.41) is 18.9. The fraction of sp³-hybridized carbons (Fsp3) is 0.323. The standard InChI is InChI=1S/C31H24Cl2FN5O3/c1-41-25-11-22-19(9-16(25)12-35)29-39(37-22)28-24(14-42-29)38(13-15-5-6-15)31(26(28)18-3-2-4-21(33)27(18)34)20-8-7-17(32)10-23(20)36-30(31)40/h2-4,7-11,15,24,26,28H,5-6,13-14H2,1H3,(H,36,40)/t24-,26-,28+,31+/m0/s1. The predicted molar refractivity (Wildman–Crippen MR) is 155 cm³/mol. The molecule has 4 aromatic rings. The maximum absolute atomic E-state index is 16.2. The molecular weight excluding hydrogens is 580 g/mol. The predicted octanol–water partition coefficient (Wildman–Crippen LogP) is 6.02. The van der Waals surface area contributed by atoms with Gasteiger partial charge in [-0.3, -0.25) is 9.69 Å². The summed E-state index contributed by atoms with van der Waals surface area (Å²) >= 11 is 12.8. The van der Waals surface area contributed by atoms with Crippen molar-refractivity contribution in [2.75, 3.05) is 25.6 Å². The molecular formula is C31H24Cl2FN5O3. The van der Waals surface area contributed by atoms with Gasteiger partial charge < -0.3 is 14.8 Å². The van der Waals surface area contributed by atoms with E-state index in [1.54, 1.807) is 41.1 Å². The average Bonchev–Trinajstić information content (AvgIpc) is 3.58. The minimum absolute atomic E-state index is 0.0177. The molecule has 0 bridgehead atoms. The number of hydrogen-bond acceptors (Lipinski definition) is 6. The second-order valence-electron chi connectivity index (χ2n) is 11.4. The van der Waals surface area contributed by atoms with E-state index in [1.165, 1.54) is 13.2 Å². The van der Waals surface area contributed by atoms with Crippen LogP contribution >= 0.6 is 23.2 Å². The van der Waals surface area contributed by atoms with Crippen LogP contribution in [0.5, 0.6) is 11.6 Å². The summed E-state index contributed by atoms with van der Waals surface area (Å²) in [5.74, 6) is -0.258. The van der Waals surface area contributed by atoms with E-state index in [4.69, 9.17) is 37.8 Å². The van der Waals surface area contributed by atoms with Gasteiger partial charge in [0.2, 0.25) is 11.8 Å². The Morgan fingerprint density at radius 3 is 2.83 bits per heavy atom. The fourth-order valence-electron chi connectivity index (χ4n) is 7.37. The number of nitriles is 1. The second kappa shape index (κ2) is 9.08. The van der Waals surface area contributed by atoms with Gasteiger partial charge in [0.1, 0.15) is 35.3 Å². The first kappa shape index (κ1) is 25.8. The molecule has 4 aliphatic rings. The maximum Gasteiger partial charge on any atom is 0.250 e. The minimum atomic E-state index is -1.28. The van der Waals surface area contributed by atoms with Crippen LogP contribution in [0.25, 0.3) is 10.9 Å².